The highest BCUT2D eigenvalue weighted by Crippen LogP contribution is 2.40. The zero-order chi connectivity index (χ0) is 11.6. The number of carbonyl (C=O) groups is 1. The number of amides is 1. The molecule has 1 aliphatic heterocycles. The molecule has 0 unspecified atom stereocenters. The first kappa shape index (κ1) is 11.9. The molecule has 0 aromatic carbocycles. The second-order valence-electron chi connectivity index (χ2n) is 5.11. The van der Waals surface area contributed by atoms with Crippen molar-refractivity contribution in [3.8, 4) is 0 Å². The van der Waals surface area contributed by atoms with Gasteiger partial charge >= 0.3 is 0 Å². The molecule has 1 saturated carbocycles. The summed E-state index contributed by atoms with van der Waals surface area (Å²) in [6.45, 7) is 6.51. The zero-order valence-electron chi connectivity index (χ0n) is 10.3. The number of unbranched alkanes of at least 4 members (excludes halogenated alkanes) is 1. The summed E-state index contributed by atoms with van der Waals surface area (Å²) in [6, 6.07) is 0. The van der Waals surface area contributed by atoms with Crippen LogP contribution in [0.5, 0.6) is 0 Å². The second kappa shape index (κ2) is 4.72. The maximum atomic E-state index is 11.9. The molecule has 0 atom stereocenters. The van der Waals surface area contributed by atoms with Crippen LogP contribution in [0.3, 0.4) is 0 Å². The summed E-state index contributed by atoms with van der Waals surface area (Å²) in [7, 11) is 0. The molecule has 0 aromatic rings. The number of hydrogen-bond donors (Lipinski definition) is 1. The number of rotatable bonds is 6. The SMILES string of the molecule is CC(C)OCCCCN1CNC2(CC2)C1=O. The minimum absolute atomic E-state index is 0.131. The van der Waals surface area contributed by atoms with E-state index < -0.39 is 0 Å². The summed E-state index contributed by atoms with van der Waals surface area (Å²) in [5, 5.41) is 3.31. The predicted molar refractivity (Wildman–Crippen MR) is 62.0 cm³/mol. The molecule has 1 heterocycles. The van der Waals surface area contributed by atoms with E-state index in [0.29, 0.717) is 12.0 Å². The van der Waals surface area contributed by atoms with Gasteiger partial charge in [0.1, 0.15) is 0 Å². The van der Waals surface area contributed by atoms with Crippen molar-refractivity contribution in [1.82, 2.24) is 10.2 Å². The summed E-state index contributed by atoms with van der Waals surface area (Å²) < 4.78 is 5.47. The first-order chi connectivity index (χ1) is 7.64. The van der Waals surface area contributed by atoms with Gasteiger partial charge in [-0.3, -0.25) is 10.1 Å². The molecule has 16 heavy (non-hydrogen) atoms. The Morgan fingerprint density at radius 2 is 2.19 bits per heavy atom. The average Bonchev–Trinajstić information content (AvgIpc) is 2.95. The predicted octanol–water partition coefficient (Wildman–Crippen LogP) is 1.11. The Labute approximate surface area is 97.3 Å². The second-order valence-corrected chi connectivity index (χ2v) is 5.11. The van der Waals surface area contributed by atoms with Crippen molar-refractivity contribution in [2.24, 2.45) is 0 Å². The van der Waals surface area contributed by atoms with Crippen molar-refractivity contribution in [3.05, 3.63) is 0 Å². The standard InChI is InChI=1S/C12H22N2O2/c1-10(2)16-8-4-3-7-14-9-13-12(5-6-12)11(14)15/h10,13H,3-9H2,1-2H3. The molecule has 2 rings (SSSR count). The highest BCUT2D eigenvalue weighted by atomic mass is 16.5. The summed E-state index contributed by atoms with van der Waals surface area (Å²) in [6.07, 6.45) is 4.44. The number of carbonyl (C=O) groups excluding carboxylic acids is 1. The van der Waals surface area contributed by atoms with Crippen LogP contribution in [0.4, 0.5) is 0 Å². The van der Waals surface area contributed by atoms with Crippen molar-refractivity contribution >= 4 is 5.91 Å². The Balaban J connectivity index is 1.59. The van der Waals surface area contributed by atoms with Gasteiger partial charge in [0.05, 0.1) is 18.3 Å². The first-order valence-electron chi connectivity index (χ1n) is 6.30. The summed E-state index contributed by atoms with van der Waals surface area (Å²) in [5.41, 5.74) is -0.131. The summed E-state index contributed by atoms with van der Waals surface area (Å²) >= 11 is 0. The van der Waals surface area contributed by atoms with E-state index in [1.807, 2.05) is 18.7 Å². The molecular formula is C12H22N2O2. The van der Waals surface area contributed by atoms with E-state index in [9.17, 15) is 4.79 Å². The molecule has 1 saturated heterocycles. The summed E-state index contributed by atoms with van der Waals surface area (Å²) in [5.74, 6) is 0.317. The van der Waals surface area contributed by atoms with Gasteiger partial charge in [-0.1, -0.05) is 0 Å². The Hall–Kier alpha value is -0.610. The Bertz CT molecular complexity index is 262. The molecule has 1 aliphatic carbocycles. The van der Waals surface area contributed by atoms with Crippen LogP contribution in [0.2, 0.25) is 0 Å². The lowest BCUT2D eigenvalue weighted by Gasteiger charge is -2.15. The molecule has 4 nitrogen and oxygen atoms in total. The van der Waals surface area contributed by atoms with Crippen molar-refractivity contribution in [2.45, 2.75) is 51.2 Å². The molecule has 1 N–H and O–H groups in total. The molecular weight excluding hydrogens is 204 g/mol. The molecule has 0 bridgehead atoms. The fourth-order valence-electron chi connectivity index (χ4n) is 2.12. The van der Waals surface area contributed by atoms with E-state index in [-0.39, 0.29) is 5.54 Å². The first-order valence-corrected chi connectivity index (χ1v) is 6.30. The van der Waals surface area contributed by atoms with E-state index >= 15 is 0 Å². The topological polar surface area (TPSA) is 41.6 Å². The van der Waals surface area contributed by atoms with E-state index in [0.717, 1.165) is 45.5 Å². The monoisotopic (exact) mass is 226 g/mol. The lowest BCUT2D eigenvalue weighted by atomic mass is 10.2. The normalized spacial score (nSPS) is 22.4. The fraction of sp³-hybridized carbons (Fsp3) is 0.917. The largest absolute Gasteiger partial charge is 0.379 e. The van der Waals surface area contributed by atoms with Gasteiger partial charge in [-0.2, -0.15) is 0 Å². The number of nitrogens with one attached hydrogen (secondary N) is 1. The lowest BCUT2D eigenvalue weighted by molar-refractivity contribution is -0.129. The van der Waals surface area contributed by atoms with E-state index in [2.05, 4.69) is 5.32 Å². The minimum atomic E-state index is -0.131. The maximum absolute atomic E-state index is 11.9. The highest BCUT2D eigenvalue weighted by molar-refractivity contribution is 5.91. The van der Waals surface area contributed by atoms with Gasteiger partial charge in [0.2, 0.25) is 5.91 Å². The number of ether oxygens (including phenoxy) is 1. The number of hydrogen-bond acceptors (Lipinski definition) is 3. The van der Waals surface area contributed by atoms with Crippen molar-refractivity contribution in [1.29, 1.82) is 0 Å². The molecule has 0 radical (unpaired) electrons. The lowest BCUT2D eigenvalue weighted by Crippen LogP contribution is -2.32. The van der Waals surface area contributed by atoms with Gasteiger partial charge in [-0.05, 0) is 39.5 Å². The van der Waals surface area contributed by atoms with E-state index in [1.54, 1.807) is 0 Å². The smallest absolute Gasteiger partial charge is 0.243 e. The molecule has 2 aliphatic rings. The highest BCUT2D eigenvalue weighted by Gasteiger charge is 2.55. The van der Waals surface area contributed by atoms with Crippen LogP contribution in [0.25, 0.3) is 0 Å². The van der Waals surface area contributed by atoms with Crippen molar-refractivity contribution in [2.75, 3.05) is 19.8 Å². The van der Waals surface area contributed by atoms with E-state index in [1.165, 1.54) is 0 Å². The van der Waals surface area contributed by atoms with Gasteiger partial charge in [0, 0.05) is 13.2 Å². The fourth-order valence-corrected chi connectivity index (χ4v) is 2.12. The van der Waals surface area contributed by atoms with Crippen LogP contribution >= 0.6 is 0 Å². The zero-order valence-corrected chi connectivity index (χ0v) is 10.3. The van der Waals surface area contributed by atoms with Crippen LogP contribution < -0.4 is 5.32 Å². The third-order valence-corrected chi connectivity index (χ3v) is 3.33. The Kier molecular flexibility index (Phi) is 3.50. The van der Waals surface area contributed by atoms with Gasteiger partial charge in [0.25, 0.3) is 0 Å². The molecule has 4 heteroatoms. The minimum Gasteiger partial charge on any atom is -0.379 e. The third kappa shape index (κ3) is 2.55. The third-order valence-electron chi connectivity index (χ3n) is 3.33. The van der Waals surface area contributed by atoms with Crippen LogP contribution in [0.15, 0.2) is 0 Å². The maximum Gasteiger partial charge on any atom is 0.243 e. The quantitative estimate of drug-likeness (QED) is 0.690. The Morgan fingerprint density at radius 3 is 2.75 bits per heavy atom. The van der Waals surface area contributed by atoms with Crippen LogP contribution in [0, 0.1) is 0 Å². The van der Waals surface area contributed by atoms with Gasteiger partial charge < -0.3 is 9.64 Å². The Morgan fingerprint density at radius 1 is 1.44 bits per heavy atom. The average molecular weight is 226 g/mol. The van der Waals surface area contributed by atoms with Crippen LogP contribution in [-0.4, -0.2) is 42.3 Å². The number of nitrogens with zero attached hydrogens (tertiary/aromatic N) is 1. The molecule has 0 aromatic heterocycles. The molecule has 92 valence electrons. The van der Waals surface area contributed by atoms with Gasteiger partial charge in [0.15, 0.2) is 0 Å². The molecule has 2 fully saturated rings. The van der Waals surface area contributed by atoms with Crippen LogP contribution in [0.1, 0.15) is 39.5 Å². The molecule has 1 spiro atoms. The van der Waals surface area contributed by atoms with Crippen molar-refractivity contribution < 1.29 is 9.53 Å². The van der Waals surface area contributed by atoms with Crippen molar-refractivity contribution in [3.63, 3.8) is 0 Å². The van der Waals surface area contributed by atoms with E-state index in [4.69, 9.17) is 4.74 Å². The molecule has 1 amide bonds. The summed E-state index contributed by atoms with van der Waals surface area (Å²) in [4.78, 5) is 13.8. The van der Waals surface area contributed by atoms with Gasteiger partial charge in [-0.25, -0.2) is 0 Å². The van der Waals surface area contributed by atoms with Gasteiger partial charge in [-0.15, -0.1) is 0 Å². The van der Waals surface area contributed by atoms with Crippen LogP contribution in [-0.2, 0) is 9.53 Å².